The van der Waals surface area contributed by atoms with E-state index in [4.69, 9.17) is 19.6 Å². The molecular weight excluding hydrogens is 320 g/mol. The molecule has 8 heteroatoms. The predicted molar refractivity (Wildman–Crippen MR) is 83.3 cm³/mol. The molecule has 0 amide bonds. The maximum Gasteiger partial charge on any atom is 0.340 e. The van der Waals surface area contributed by atoms with Crippen LogP contribution in [0.2, 0.25) is 0 Å². The van der Waals surface area contributed by atoms with E-state index in [1.165, 1.54) is 6.07 Å². The van der Waals surface area contributed by atoms with Crippen LogP contribution in [0.4, 0.5) is 0 Å². The maximum atomic E-state index is 11.5. The summed E-state index contributed by atoms with van der Waals surface area (Å²) < 4.78 is 0. The summed E-state index contributed by atoms with van der Waals surface area (Å²) in [5.41, 5.74) is -2.51. The molecule has 0 aromatic heterocycles. The Labute approximate surface area is 139 Å². The van der Waals surface area contributed by atoms with Gasteiger partial charge in [-0.2, -0.15) is 9.78 Å². The lowest BCUT2D eigenvalue weighted by Crippen LogP contribution is -2.24. The quantitative estimate of drug-likeness (QED) is 0.598. The highest BCUT2D eigenvalue weighted by Crippen LogP contribution is 2.36. The Morgan fingerprint density at radius 3 is 1.75 bits per heavy atom. The van der Waals surface area contributed by atoms with Crippen molar-refractivity contribution in [2.24, 2.45) is 0 Å². The highest BCUT2D eigenvalue weighted by molar-refractivity contribution is 6.04. The van der Waals surface area contributed by atoms with Crippen molar-refractivity contribution >= 4 is 11.9 Å². The van der Waals surface area contributed by atoms with Crippen molar-refractivity contribution in [2.75, 3.05) is 0 Å². The van der Waals surface area contributed by atoms with E-state index in [1.807, 2.05) is 0 Å². The molecule has 1 rings (SSSR count). The van der Waals surface area contributed by atoms with Crippen LogP contribution in [-0.2, 0) is 9.78 Å². The molecule has 2 N–H and O–H groups in total. The minimum absolute atomic E-state index is 0.114. The third kappa shape index (κ3) is 5.71. The molecule has 0 aliphatic heterocycles. The van der Waals surface area contributed by atoms with Crippen LogP contribution in [0.1, 0.15) is 62.3 Å². The molecule has 1 aromatic rings. The number of hydrogen-bond acceptors (Lipinski definition) is 6. The minimum atomic E-state index is -1.50. The molecule has 0 aliphatic carbocycles. The van der Waals surface area contributed by atoms with E-state index < -0.39 is 34.3 Å². The lowest BCUT2D eigenvalue weighted by atomic mass is 10.1. The molecule has 0 spiro atoms. The van der Waals surface area contributed by atoms with Crippen LogP contribution in [0, 0.1) is 0 Å². The first-order valence-electron chi connectivity index (χ1n) is 7.17. The van der Waals surface area contributed by atoms with Gasteiger partial charge in [-0.3, -0.25) is 0 Å². The van der Waals surface area contributed by atoms with Crippen molar-refractivity contribution in [1.82, 2.24) is 0 Å². The molecule has 134 valence electrons. The third-order valence-electron chi connectivity index (χ3n) is 2.32. The number of carbonyl (C=O) groups is 2. The zero-order valence-electron chi connectivity index (χ0n) is 14.5. The summed E-state index contributed by atoms with van der Waals surface area (Å²) in [5.74, 6) is -3.42. The fraction of sp³-hybridized carbons (Fsp3) is 0.500. The number of carboxylic acids is 2. The van der Waals surface area contributed by atoms with Gasteiger partial charge in [0.05, 0.1) is 5.56 Å². The largest absolute Gasteiger partial charge is 0.478 e. The Bertz CT molecular complexity index is 622. The second-order valence-electron chi connectivity index (χ2n) is 6.98. The molecule has 0 saturated heterocycles. The van der Waals surface area contributed by atoms with E-state index in [9.17, 15) is 19.8 Å². The van der Waals surface area contributed by atoms with Crippen molar-refractivity contribution in [3.8, 4) is 11.5 Å². The van der Waals surface area contributed by atoms with Crippen molar-refractivity contribution in [2.45, 2.75) is 52.7 Å². The summed E-state index contributed by atoms with van der Waals surface area (Å²) in [7, 11) is 0. The Hall–Kier alpha value is -2.32. The van der Waals surface area contributed by atoms with Gasteiger partial charge in [0.1, 0.15) is 16.8 Å². The molecule has 0 fully saturated rings. The van der Waals surface area contributed by atoms with Crippen LogP contribution < -0.4 is 9.78 Å². The van der Waals surface area contributed by atoms with Gasteiger partial charge < -0.3 is 20.0 Å². The predicted octanol–water partition coefficient (Wildman–Crippen LogP) is 3.30. The van der Waals surface area contributed by atoms with Crippen molar-refractivity contribution in [3.05, 3.63) is 23.3 Å². The number of aromatic carboxylic acids is 2. The molecule has 0 saturated carbocycles. The van der Waals surface area contributed by atoms with E-state index in [0.29, 0.717) is 0 Å². The molecule has 1 aromatic carbocycles. The van der Waals surface area contributed by atoms with Gasteiger partial charge in [0.15, 0.2) is 0 Å². The molecule has 0 atom stereocenters. The molecule has 8 nitrogen and oxygen atoms in total. The summed E-state index contributed by atoms with van der Waals surface area (Å²) in [6, 6.07) is 2.33. The summed E-state index contributed by atoms with van der Waals surface area (Å²) in [4.78, 5) is 43.3. The van der Waals surface area contributed by atoms with Crippen LogP contribution >= 0.6 is 0 Å². The molecule has 0 unspecified atom stereocenters. The minimum Gasteiger partial charge on any atom is -0.478 e. The summed E-state index contributed by atoms with van der Waals surface area (Å²) >= 11 is 0. The molecule has 0 bridgehead atoms. The molecule has 24 heavy (non-hydrogen) atoms. The Kier molecular flexibility index (Phi) is 5.80. The number of hydrogen-bond donors (Lipinski definition) is 2. The number of benzene rings is 1. The first-order chi connectivity index (χ1) is 10.8. The summed E-state index contributed by atoms with van der Waals surface area (Å²) in [6.45, 7) is 10.2. The Morgan fingerprint density at radius 2 is 1.33 bits per heavy atom. The second kappa shape index (κ2) is 7.06. The van der Waals surface area contributed by atoms with Crippen LogP contribution in [0.5, 0.6) is 11.5 Å². The van der Waals surface area contributed by atoms with E-state index in [-0.39, 0.29) is 11.5 Å². The number of rotatable bonds is 6. The topological polar surface area (TPSA) is 112 Å². The average molecular weight is 342 g/mol. The highest BCUT2D eigenvalue weighted by Gasteiger charge is 2.29. The summed E-state index contributed by atoms with van der Waals surface area (Å²) in [6.07, 6.45) is 0. The first-order valence-corrected chi connectivity index (χ1v) is 7.17. The molecule has 0 heterocycles. The van der Waals surface area contributed by atoms with Crippen LogP contribution in [-0.4, -0.2) is 33.4 Å². The fourth-order valence-corrected chi connectivity index (χ4v) is 1.44. The smallest absolute Gasteiger partial charge is 0.340 e. The van der Waals surface area contributed by atoms with Crippen LogP contribution in [0.25, 0.3) is 0 Å². The summed E-state index contributed by atoms with van der Waals surface area (Å²) in [5, 5.41) is 18.6. The second-order valence-corrected chi connectivity index (χ2v) is 6.98. The lowest BCUT2D eigenvalue weighted by Gasteiger charge is -2.22. The van der Waals surface area contributed by atoms with E-state index >= 15 is 0 Å². The Balaban J connectivity index is 3.38. The Morgan fingerprint density at radius 1 is 0.833 bits per heavy atom. The van der Waals surface area contributed by atoms with E-state index in [2.05, 4.69) is 0 Å². The van der Waals surface area contributed by atoms with Crippen LogP contribution in [0.3, 0.4) is 0 Å². The molecule has 0 aliphatic rings. The van der Waals surface area contributed by atoms with Crippen molar-refractivity contribution in [1.29, 1.82) is 0 Å². The zero-order chi connectivity index (χ0) is 18.7. The SMILES string of the molecule is CC(C)(C)OOc1ccc(C(=O)O)c(C(=O)O)c1OOC(C)(C)C. The number of carboxylic acid groups (broad SMARTS) is 2. The molecular formula is C16H22O8. The van der Waals surface area contributed by atoms with Crippen LogP contribution in [0.15, 0.2) is 12.1 Å². The van der Waals surface area contributed by atoms with Gasteiger partial charge in [0.2, 0.25) is 11.5 Å². The molecule has 0 radical (unpaired) electrons. The van der Waals surface area contributed by atoms with Gasteiger partial charge in [0, 0.05) is 0 Å². The lowest BCUT2D eigenvalue weighted by molar-refractivity contribution is -0.292. The van der Waals surface area contributed by atoms with Gasteiger partial charge in [-0.05, 0) is 53.7 Å². The van der Waals surface area contributed by atoms with E-state index in [1.54, 1.807) is 41.5 Å². The average Bonchev–Trinajstić information content (AvgIpc) is 2.40. The zero-order valence-corrected chi connectivity index (χ0v) is 14.5. The monoisotopic (exact) mass is 342 g/mol. The first kappa shape index (κ1) is 19.7. The van der Waals surface area contributed by atoms with Gasteiger partial charge in [-0.1, -0.05) is 0 Å². The normalized spacial score (nSPS) is 11.9. The standard InChI is InChI=1S/C16H22O8/c1-15(2,3)23-21-10-8-7-9(13(17)18)11(14(19)20)12(10)22-24-16(4,5)6/h7-8H,1-6H3,(H,17,18)(H,19,20). The third-order valence-corrected chi connectivity index (χ3v) is 2.32. The van der Waals surface area contributed by atoms with Gasteiger partial charge in [0.25, 0.3) is 0 Å². The maximum absolute atomic E-state index is 11.5. The van der Waals surface area contributed by atoms with E-state index in [0.717, 1.165) is 6.07 Å². The van der Waals surface area contributed by atoms with Gasteiger partial charge >= 0.3 is 11.9 Å². The van der Waals surface area contributed by atoms with Gasteiger partial charge in [-0.25, -0.2) is 9.59 Å². The fourth-order valence-electron chi connectivity index (χ4n) is 1.44. The van der Waals surface area contributed by atoms with Gasteiger partial charge in [-0.15, -0.1) is 0 Å². The van der Waals surface area contributed by atoms with Crippen molar-refractivity contribution < 1.29 is 39.4 Å². The van der Waals surface area contributed by atoms with Crippen molar-refractivity contribution in [3.63, 3.8) is 0 Å². The highest BCUT2D eigenvalue weighted by atomic mass is 17.2.